The number of anilines is 1. The Bertz CT molecular complexity index is 313. The smallest absolute Gasteiger partial charge is 0.231 e. The summed E-state index contributed by atoms with van der Waals surface area (Å²) in [6, 6.07) is 0. The zero-order chi connectivity index (χ0) is 10.6. The van der Waals surface area contributed by atoms with Gasteiger partial charge in [0.1, 0.15) is 5.01 Å². The Hall–Kier alpha value is -1.25. The number of likely N-dealkylation sites (N-methyl/N-ethyl adjacent to an activating group) is 1. The highest BCUT2D eigenvalue weighted by molar-refractivity contribution is 7.15. The van der Waals surface area contributed by atoms with Crippen molar-refractivity contribution in [1.82, 2.24) is 15.1 Å². The van der Waals surface area contributed by atoms with Crippen molar-refractivity contribution < 1.29 is 4.79 Å². The van der Waals surface area contributed by atoms with Crippen molar-refractivity contribution in [1.29, 1.82) is 0 Å². The summed E-state index contributed by atoms with van der Waals surface area (Å²) in [5.74, 6) is 4.78. The Morgan fingerprint density at radius 2 is 2.36 bits per heavy atom. The number of amides is 1. The lowest BCUT2D eigenvalue weighted by atomic mass is 10.5. The van der Waals surface area contributed by atoms with Gasteiger partial charge in [-0.15, -0.1) is 10.2 Å². The van der Waals surface area contributed by atoms with Crippen LogP contribution in [-0.2, 0) is 11.3 Å². The van der Waals surface area contributed by atoms with E-state index in [-0.39, 0.29) is 12.5 Å². The summed E-state index contributed by atoms with van der Waals surface area (Å²) in [5.41, 5.74) is 7.43. The Labute approximate surface area is 85.1 Å². The van der Waals surface area contributed by atoms with Gasteiger partial charge in [0.05, 0.1) is 13.1 Å². The largest absolute Gasteiger partial charge is 0.369 e. The highest BCUT2D eigenvalue weighted by atomic mass is 32.1. The van der Waals surface area contributed by atoms with Crippen molar-refractivity contribution in [2.75, 3.05) is 19.0 Å². The standard InChI is InChI=1S/C6H12N6OS/c1-12(2-4(7)13)3-5-10-11-6(9-8)14-5/h2-3,8H2,1H3,(H2,7,13)(H,9,11). The maximum atomic E-state index is 10.6. The van der Waals surface area contributed by atoms with Gasteiger partial charge in [-0.1, -0.05) is 11.3 Å². The number of hydrogen-bond donors (Lipinski definition) is 3. The normalized spacial score (nSPS) is 10.5. The predicted molar refractivity (Wildman–Crippen MR) is 53.2 cm³/mol. The molecule has 5 N–H and O–H groups in total. The van der Waals surface area contributed by atoms with Gasteiger partial charge in [-0.05, 0) is 7.05 Å². The molecule has 0 saturated carbocycles. The SMILES string of the molecule is CN(CC(N)=O)Cc1nnc(NN)s1. The lowest BCUT2D eigenvalue weighted by Gasteiger charge is -2.10. The first-order valence-corrected chi connectivity index (χ1v) is 4.69. The topological polar surface area (TPSA) is 110 Å². The van der Waals surface area contributed by atoms with E-state index in [9.17, 15) is 4.79 Å². The summed E-state index contributed by atoms with van der Waals surface area (Å²) in [7, 11) is 1.78. The van der Waals surface area contributed by atoms with Crippen LogP contribution in [0.25, 0.3) is 0 Å². The minimum Gasteiger partial charge on any atom is -0.369 e. The van der Waals surface area contributed by atoms with Crippen LogP contribution in [0.2, 0.25) is 0 Å². The van der Waals surface area contributed by atoms with Crippen LogP contribution in [0.3, 0.4) is 0 Å². The molecular weight excluding hydrogens is 204 g/mol. The van der Waals surface area contributed by atoms with Crippen LogP contribution in [0, 0.1) is 0 Å². The molecule has 0 spiro atoms. The van der Waals surface area contributed by atoms with E-state index < -0.39 is 0 Å². The number of rotatable bonds is 5. The molecule has 0 bridgehead atoms. The van der Waals surface area contributed by atoms with Crippen molar-refractivity contribution in [3.63, 3.8) is 0 Å². The zero-order valence-corrected chi connectivity index (χ0v) is 8.54. The van der Waals surface area contributed by atoms with Crippen LogP contribution in [0.5, 0.6) is 0 Å². The van der Waals surface area contributed by atoms with Crippen molar-refractivity contribution in [3.05, 3.63) is 5.01 Å². The zero-order valence-electron chi connectivity index (χ0n) is 7.73. The van der Waals surface area contributed by atoms with E-state index in [4.69, 9.17) is 11.6 Å². The fourth-order valence-electron chi connectivity index (χ4n) is 0.929. The van der Waals surface area contributed by atoms with Crippen molar-refractivity contribution in [3.8, 4) is 0 Å². The summed E-state index contributed by atoms with van der Waals surface area (Å²) in [6.45, 7) is 0.729. The van der Waals surface area contributed by atoms with Crippen LogP contribution in [0.4, 0.5) is 5.13 Å². The number of nitrogens with two attached hydrogens (primary N) is 2. The molecule has 0 fully saturated rings. The van der Waals surface area contributed by atoms with Gasteiger partial charge in [0.25, 0.3) is 0 Å². The molecule has 0 saturated heterocycles. The molecule has 1 aromatic rings. The molecule has 1 aromatic heterocycles. The number of primary amides is 1. The predicted octanol–water partition coefficient (Wildman–Crippen LogP) is -1.26. The molecule has 8 heteroatoms. The Balaban J connectivity index is 2.47. The Morgan fingerprint density at radius 1 is 1.64 bits per heavy atom. The summed E-state index contributed by atoms with van der Waals surface area (Å²) in [5, 5.41) is 8.95. The van der Waals surface area contributed by atoms with E-state index in [2.05, 4.69) is 15.6 Å². The number of hydrazine groups is 1. The first-order chi connectivity index (χ1) is 6.61. The van der Waals surface area contributed by atoms with Crippen LogP contribution >= 0.6 is 11.3 Å². The minimum atomic E-state index is -0.366. The summed E-state index contributed by atoms with van der Waals surface area (Å²) in [4.78, 5) is 12.3. The second kappa shape index (κ2) is 4.84. The van der Waals surface area contributed by atoms with Crippen LogP contribution in [-0.4, -0.2) is 34.6 Å². The molecule has 0 atom stereocenters. The molecule has 14 heavy (non-hydrogen) atoms. The molecule has 1 amide bonds. The van der Waals surface area contributed by atoms with Crippen molar-refractivity contribution in [2.45, 2.75) is 6.54 Å². The highest BCUT2D eigenvalue weighted by Crippen LogP contribution is 2.14. The van der Waals surface area contributed by atoms with Crippen LogP contribution < -0.4 is 17.0 Å². The molecule has 7 nitrogen and oxygen atoms in total. The number of carbonyl (C=O) groups excluding carboxylic acids is 1. The van der Waals surface area contributed by atoms with Gasteiger partial charge in [-0.25, -0.2) is 5.84 Å². The molecule has 1 heterocycles. The third-order valence-corrected chi connectivity index (χ3v) is 2.26. The quantitative estimate of drug-likeness (QED) is 0.418. The van der Waals surface area contributed by atoms with Gasteiger partial charge in [0, 0.05) is 0 Å². The highest BCUT2D eigenvalue weighted by Gasteiger charge is 2.07. The van der Waals surface area contributed by atoms with Gasteiger partial charge in [-0.2, -0.15) is 0 Å². The van der Waals surface area contributed by atoms with Gasteiger partial charge in [-0.3, -0.25) is 15.1 Å². The lowest BCUT2D eigenvalue weighted by molar-refractivity contribution is -0.118. The third-order valence-electron chi connectivity index (χ3n) is 1.42. The first-order valence-electron chi connectivity index (χ1n) is 3.87. The number of aromatic nitrogens is 2. The maximum Gasteiger partial charge on any atom is 0.231 e. The van der Waals surface area contributed by atoms with Crippen LogP contribution in [0.1, 0.15) is 5.01 Å². The molecule has 0 unspecified atom stereocenters. The minimum absolute atomic E-state index is 0.199. The molecule has 0 aromatic carbocycles. The van der Waals surface area contributed by atoms with Gasteiger partial charge in [0.2, 0.25) is 11.0 Å². The van der Waals surface area contributed by atoms with Crippen molar-refractivity contribution in [2.24, 2.45) is 11.6 Å². The molecule has 0 aliphatic heterocycles. The molecule has 78 valence electrons. The molecule has 0 aliphatic carbocycles. The number of hydrogen-bond acceptors (Lipinski definition) is 7. The first kappa shape index (κ1) is 10.8. The van der Waals surface area contributed by atoms with E-state index >= 15 is 0 Å². The average Bonchev–Trinajstić information content (AvgIpc) is 2.50. The fraction of sp³-hybridized carbons (Fsp3) is 0.500. The van der Waals surface area contributed by atoms with Gasteiger partial charge < -0.3 is 5.73 Å². The van der Waals surface area contributed by atoms with E-state index in [1.807, 2.05) is 0 Å². The summed E-state index contributed by atoms with van der Waals surface area (Å²) < 4.78 is 0. The molecule has 1 rings (SSSR count). The second-order valence-electron chi connectivity index (χ2n) is 2.78. The second-order valence-corrected chi connectivity index (χ2v) is 3.85. The lowest BCUT2D eigenvalue weighted by Crippen LogP contribution is -2.30. The third kappa shape index (κ3) is 3.24. The molecule has 0 radical (unpaired) electrons. The Morgan fingerprint density at radius 3 is 2.86 bits per heavy atom. The fourth-order valence-corrected chi connectivity index (χ4v) is 1.66. The molecular formula is C6H12N6OS. The molecule has 0 aliphatic rings. The van der Waals surface area contributed by atoms with Crippen molar-refractivity contribution >= 4 is 22.4 Å². The maximum absolute atomic E-state index is 10.6. The van der Waals surface area contributed by atoms with E-state index in [0.29, 0.717) is 11.7 Å². The number of nitrogens with one attached hydrogen (secondary N) is 1. The van der Waals surface area contributed by atoms with E-state index in [0.717, 1.165) is 5.01 Å². The Kier molecular flexibility index (Phi) is 3.74. The van der Waals surface area contributed by atoms with Gasteiger partial charge >= 0.3 is 0 Å². The van der Waals surface area contributed by atoms with E-state index in [1.54, 1.807) is 11.9 Å². The monoisotopic (exact) mass is 216 g/mol. The average molecular weight is 216 g/mol. The van der Waals surface area contributed by atoms with E-state index in [1.165, 1.54) is 11.3 Å². The summed E-state index contributed by atoms with van der Waals surface area (Å²) >= 11 is 1.34. The number of nitrogens with zero attached hydrogens (tertiary/aromatic N) is 3. The number of carbonyl (C=O) groups is 1. The van der Waals surface area contributed by atoms with Crippen LogP contribution in [0.15, 0.2) is 0 Å². The van der Waals surface area contributed by atoms with Gasteiger partial charge in [0.15, 0.2) is 0 Å². The number of nitrogen functional groups attached to an aromatic ring is 1. The summed E-state index contributed by atoms with van der Waals surface area (Å²) in [6.07, 6.45) is 0.